The van der Waals surface area contributed by atoms with Crippen molar-refractivity contribution in [3.8, 4) is 10.4 Å². The molecule has 0 fully saturated rings. The molecule has 0 amide bonds. The van der Waals surface area contributed by atoms with Crippen LogP contribution in [0.2, 0.25) is 5.02 Å². The zero-order chi connectivity index (χ0) is 17.0. The van der Waals surface area contributed by atoms with E-state index in [2.05, 4.69) is 0 Å². The van der Waals surface area contributed by atoms with E-state index in [1.54, 1.807) is 13.0 Å². The molecular weight excluding hydrogens is 349 g/mol. The van der Waals surface area contributed by atoms with Gasteiger partial charge in [0.05, 0.1) is 12.2 Å². The van der Waals surface area contributed by atoms with Crippen molar-refractivity contribution >= 4 is 35.0 Å². The van der Waals surface area contributed by atoms with Crippen LogP contribution in [0.1, 0.15) is 18.1 Å². The van der Waals surface area contributed by atoms with Crippen LogP contribution in [0.5, 0.6) is 0 Å². The predicted octanol–water partition coefficient (Wildman–Crippen LogP) is 5.66. The van der Waals surface area contributed by atoms with E-state index in [4.69, 9.17) is 16.3 Å². The molecule has 0 aliphatic rings. The zero-order valence-corrected chi connectivity index (χ0v) is 13.6. The Morgan fingerprint density at radius 2 is 2.09 bits per heavy atom. The average Bonchev–Trinajstić information content (AvgIpc) is 2.95. The number of halogens is 4. The van der Waals surface area contributed by atoms with E-state index >= 15 is 0 Å². The molecule has 0 unspecified atom stereocenters. The summed E-state index contributed by atoms with van der Waals surface area (Å²) in [4.78, 5) is 11.4. The van der Waals surface area contributed by atoms with Crippen molar-refractivity contribution in [2.24, 2.45) is 0 Å². The normalized spacial score (nSPS) is 11.9. The minimum absolute atomic E-state index is 0.111. The minimum Gasteiger partial charge on any atom is -0.463 e. The molecule has 0 bridgehead atoms. The highest BCUT2D eigenvalue weighted by Crippen LogP contribution is 2.41. The van der Waals surface area contributed by atoms with Crippen molar-refractivity contribution in [3.63, 3.8) is 0 Å². The van der Waals surface area contributed by atoms with E-state index < -0.39 is 17.7 Å². The van der Waals surface area contributed by atoms with E-state index in [1.807, 2.05) is 0 Å². The van der Waals surface area contributed by atoms with E-state index in [9.17, 15) is 18.0 Å². The summed E-state index contributed by atoms with van der Waals surface area (Å²) in [5.74, 6) is -0.509. The largest absolute Gasteiger partial charge is 0.463 e. The third-order valence-corrected chi connectivity index (χ3v) is 4.21. The molecule has 7 heteroatoms. The van der Waals surface area contributed by atoms with Gasteiger partial charge in [-0.25, -0.2) is 4.79 Å². The van der Waals surface area contributed by atoms with Gasteiger partial charge < -0.3 is 4.74 Å². The fourth-order valence-corrected chi connectivity index (χ4v) is 3.07. The van der Waals surface area contributed by atoms with E-state index in [1.165, 1.54) is 29.7 Å². The maximum Gasteiger partial charge on any atom is 0.417 e. The number of ether oxygens (including phenoxy) is 1. The molecule has 0 aliphatic heterocycles. The molecule has 1 heterocycles. The number of alkyl halides is 3. The molecule has 0 aliphatic carbocycles. The van der Waals surface area contributed by atoms with Crippen molar-refractivity contribution in [2.45, 2.75) is 13.1 Å². The van der Waals surface area contributed by atoms with E-state index in [-0.39, 0.29) is 16.5 Å². The van der Waals surface area contributed by atoms with Crippen LogP contribution in [0, 0.1) is 0 Å². The molecule has 1 aromatic heterocycles. The molecule has 2 rings (SSSR count). The Labute approximate surface area is 140 Å². The Hall–Kier alpha value is -1.79. The summed E-state index contributed by atoms with van der Waals surface area (Å²) in [6.45, 7) is 1.95. The third kappa shape index (κ3) is 4.36. The number of thiophene rings is 1. The van der Waals surface area contributed by atoms with Crippen molar-refractivity contribution in [3.05, 3.63) is 51.9 Å². The smallest absolute Gasteiger partial charge is 0.417 e. The quantitative estimate of drug-likeness (QED) is 0.519. The lowest BCUT2D eigenvalue weighted by atomic mass is 10.1. The van der Waals surface area contributed by atoms with Crippen molar-refractivity contribution < 1.29 is 22.7 Å². The Morgan fingerprint density at radius 3 is 2.70 bits per heavy atom. The summed E-state index contributed by atoms with van der Waals surface area (Å²) < 4.78 is 43.6. The first-order chi connectivity index (χ1) is 10.8. The molecule has 2 aromatic rings. The molecule has 0 atom stereocenters. The van der Waals surface area contributed by atoms with Crippen LogP contribution in [-0.2, 0) is 15.7 Å². The molecule has 0 spiro atoms. The lowest BCUT2D eigenvalue weighted by Gasteiger charge is -2.09. The number of hydrogen-bond donors (Lipinski definition) is 0. The standard InChI is InChI=1S/C16H12ClF3O2S/c1-2-22-14(21)6-5-10-3-4-11(9-13(10)17)15-12(7-8-23-15)16(18,19)20/h3-9H,2H2,1H3. The first-order valence-electron chi connectivity index (χ1n) is 6.62. The highest BCUT2D eigenvalue weighted by Gasteiger charge is 2.34. The molecule has 23 heavy (non-hydrogen) atoms. The Bertz CT molecular complexity index is 735. The molecule has 2 nitrogen and oxygen atoms in total. The first-order valence-corrected chi connectivity index (χ1v) is 7.88. The van der Waals surface area contributed by atoms with Gasteiger partial charge in [-0.3, -0.25) is 0 Å². The first kappa shape index (κ1) is 17.6. The van der Waals surface area contributed by atoms with Gasteiger partial charge in [0.25, 0.3) is 0 Å². The lowest BCUT2D eigenvalue weighted by molar-refractivity contribution is -0.137. The van der Waals surface area contributed by atoms with Gasteiger partial charge in [-0.1, -0.05) is 23.7 Å². The zero-order valence-electron chi connectivity index (χ0n) is 12.0. The van der Waals surface area contributed by atoms with Gasteiger partial charge in [0.2, 0.25) is 0 Å². The van der Waals surface area contributed by atoms with Crippen LogP contribution in [-0.4, -0.2) is 12.6 Å². The molecule has 0 saturated carbocycles. The Kier molecular flexibility index (Phi) is 5.49. The van der Waals surface area contributed by atoms with Crippen LogP contribution in [0.4, 0.5) is 13.2 Å². The third-order valence-electron chi connectivity index (χ3n) is 2.92. The maximum atomic E-state index is 12.9. The number of rotatable bonds is 4. The maximum absolute atomic E-state index is 12.9. The van der Waals surface area contributed by atoms with Gasteiger partial charge in [-0.15, -0.1) is 11.3 Å². The summed E-state index contributed by atoms with van der Waals surface area (Å²) in [5.41, 5.74) is 0.215. The highest BCUT2D eigenvalue weighted by molar-refractivity contribution is 7.13. The number of carbonyl (C=O) groups is 1. The SMILES string of the molecule is CCOC(=O)C=Cc1ccc(-c2sccc2C(F)(F)F)cc1Cl. The van der Waals surface area contributed by atoms with Crippen molar-refractivity contribution in [1.82, 2.24) is 0 Å². The lowest BCUT2D eigenvalue weighted by Crippen LogP contribution is -2.04. The average molecular weight is 361 g/mol. The van der Waals surface area contributed by atoms with E-state index in [0.717, 1.165) is 17.4 Å². The number of esters is 1. The van der Waals surface area contributed by atoms with E-state index in [0.29, 0.717) is 11.1 Å². The van der Waals surface area contributed by atoms with Crippen molar-refractivity contribution in [2.75, 3.05) is 6.61 Å². The molecule has 1 aromatic carbocycles. The molecule has 122 valence electrons. The van der Waals surface area contributed by atoms with Gasteiger partial charge in [0, 0.05) is 16.0 Å². The van der Waals surface area contributed by atoms with Gasteiger partial charge in [-0.05, 0) is 41.6 Å². The van der Waals surface area contributed by atoms with Gasteiger partial charge in [0.15, 0.2) is 0 Å². The summed E-state index contributed by atoms with van der Waals surface area (Å²) in [6.07, 6.45) is -1.73. The van der Waals surface area contributed by atoms with Gasteiger partial charge in [-0.2, -0.15) is 13.2 Å². The summed E-state index contributed by atoms with van der Waals surface area (Å²) in [7, 11) is 0. The molecule has 0 radical (unpaired) electrons. The van der Waals surface area contributed by atoms with Crippen LogP contribution in [0.25, 0.3) is 16.5 Å². The summed E-state index contributed by atoms with van der Waals surface area (Å²) in [6, 6.07) is 5.60. The Morgan fingerprint density at radius 1 is 1.35 bits per heavy atom. The van der Waals surface area contributed by atoms with Crippen molar-refractivity contribution in [1.29, 1.82) is 0 Å². The molecular formula is C16H12ClF3O2S. The fraction of sp³-hybridized carbons (Fsp3) is 0.188. The second-order valence-corrected chi connectivity index (χ2v) is 5.81. The second-order valence-electron chi connectivity index (χ2n) is 4.48. The second kappa shape index (κ2) is 7.19. The fourth-order valence-electron chi connectivity index (χ4n) is 1.91. The van der Waals surface area contributed by atoms with Crippen LogP contribution in [0.15, 0.2) is 35.7 Å². The summed E-state index contributed by atoms with van der Waals surface area (Å²) in [5, 5.41) is 1.64. The number of hydrogen-bond acceptors (Lipinski definition) is 3. The molecule has 0 N–H and O–H groups in total. The monoisotopic (exact) mass is 360 g/mol. The Balaban J connectivity index is 2.30. The van der Waals surface area contributed by atoms with Gasteiger partial charge >= 0.3 is 12.1 Å². The topological polar surface area (TPSA) is 26.3 Å². The molecule has 0 saturated heterocycles. The highest BCUT2D eigenvalue weighted by atomic mass is 35.5. The predicted molar refractivity (Wildman–Crippen MR) is 85.4 cm³/mol. The van der Waals surface area contributed by atoms with Crippen LogP contribution in [0.3, 0.4) is 0 Å². The van der Waals surface area contributed by atoms with Crippen LogP contribution >= 0.6 is 22.9 Å². The number of benzene rings is 1. The minimum atomic E-state index is -4.41. The van der Waals surface area contributed by atoms with Gasteiger partial charge in [0.1, 0.15) is 0 Å². The van der Waals surface area contributed by atoms with Crippen LogP contribution < -0.4 is 0 Å². The number of carbonyl (C=O) groups excluding carboxylic acids is 1. The summed E-state index contributed by atoms with van der Waals surface area (Å²) >= 11 is 7.09.